The Hall–Kier alpha value is -8.45. The van der Waals surface area contributed by atoms with Crippen LogP contribution in [0.15, 0.2) is 97.3 Å². The Balaban J connectivity index is 0.000000163. The van der Waals surface area contributed by atoms with E-state index in [-0.39, 0.29) is 11.8 Å². The van der Waals surface area contributed by atoms with Crippen LogP contribution < -0.4 is 25.8 Å². The van der Waals surface area contributed by atoms with Crippen LogP contribution in [-0.2, 0) is 33.6 Å². The van der Waals surface area contributed by atoms with Crippen molar-refractivity contribution in [1.82, 2.24) is 59.7 Å². The standard InChI is InChI=1S/C25H25N7O2.C19H18ClN5O2.C5H7N3/c1-15-8-9-16(29-28-15)12-17-13-21(23-22(26-17)14-31(2)25(23)33)27-20-7-5-6-18(24(20)34-4)19-10-11-32(3)30-19;1-24-10-15-17(19(24)26)14(9-16(20)22-15)21-13-6-4-5-11(18(13)27-3)12-7-8-25(2)23-12;1-4-2-3-5(6)8-7-4/h5-11,13H,12,14H2,1-4H3,(H,26,27);4-9H,10H2,1-3H3,(H,21,22);2-3H,1H3,(H2,6,8). The molecular formula is C49H50ClN15O4. The first-order chi connectivity index (χ1) is 33.2. The molecule has 6 aromatic heterocycles. The Labute approximate surface area is 403 Å². The summed E-state index contributed by atoms with van der Waals surface area (Å²) in [6, 6.07) is 26.4. The summed E-state index contributed by atoms with van der Waals surface area (Å²) in [5.74, 6) is 1.60. The number of benzene rings is 2. The van der Waals surface area contributed by atoms with Gasteiger partial charge in [-0.2, -0.15) is 25.5 Å². The largest absolute Gasteiger partial charge is 0.494 e. The van der Waals surface area contributed by atoms with Crippen LogP contribution in [0.5, 0.6) is 11.5 Å². The van der Waals surface area contributed by atoms with E-state index in [1.54, 1.807) is 59.6 Å². The van der Waals surface area contributed by atoms with Crippen LogP contribution in [0.25, 0.3) is 22.5 Å². The molecule has 352 valence electrons. The monoisotopic (exact) mass is 947 g/mol. The number of ether oxygens (including phenoxy) is 2. The Morgan fingerprint density at radius 3 is 1.57 bits per heavy atom. The molecule has 69 heavy (non-hydrogen) atoms. The second kappa shape index (κ2) is 20.2. The number of nitrogens with one attached hydrogen (secondary N) is 2. The summed E-state index contributed by atoms with van der Waals surface area (Å²) in [4.78, 5) is 37.8. The van der Waals surface area contributed by atoms with Crippen LogP contribution in [0.2, 0.25) is 5.15 Å². The third-order valence-corrected chi connectivity index (χ3v) is 11.3. The zero-order chi connectivity index (χ0) is 48.9. The van der Waals surface area contributed by atoms with E-state index in [4.69, 9.17) is 31.8 Å². The van der Waals surface area contributed by atoms with Gasteiger partial charge in [-0.15, -0.1) is 5.10 Å². The molecule has 2 amide bonds. The van der Waals surface area contributed by atoms with Gasteiger partial charge in [0.05, 0.1) is 101 Å². The maximum absolute atomic E-state index is 12.9. The molecule has 0 fully saturated rings. The first-order valence-corrected chi connectivity index (χ1v) is 22.0. The number of anilines is 5. The van der Waals surface area contributed by atoms with Gasteiger partial charge in [0, 0.05) is 63.8 Å². The Bertz CT molecular complexity index is 3150. The minimum Gasteiger partial charge on any atom is -0.494 e. The van der Waals surface area contributed by atoms with Crippen molar-refractivity contribution in [2.45, 2.75) is 33.4 Å². The molecule has 8 heterocycles. The van der Waals surface area contributed by atoms with Gasteiger partial charge in [-0.1, -0.05) is 23.7 Å². The zero-order valence-electron chi connectivity index (χ0n) is 39.3. The minimum absolute atomic E-state index is 0.0634. The minimum atomic E-state index is -0.0866. The molecule has 19 nitrogen and oxygen atoms in total. The van der Waals surface area contributed by atoms with Crippen LogP contribution in [0.1, 0.15) is 54.9 Å². The molecular weight excluding hydrogens is 898 g/mol. The van der Waals surface area contributed by atoms with Gasteiger partial charge in [0.15, 0.2) is 11.5 Å². The third-order valence-electron chi connectivity index (χ3n) is 11.1. The first-order valence-electron chi connectivity index (χ1n) is 21.7. The number of nitrogens with zero attached hydrogens (tertiary/aromatic N) is 12. The summed E-state index contributed by atoms with van der Waals surface area (Å²) >= 11 is 6.17. The molecule has 0 aliphatic carbocycles. The summed E-state index contributed by atoms with van der Waals surface area (Å²) in [7, 11) is 10.5. The van der Waals surface area contributed by atoms with Crippen molar-refractivity contribution in [3.63, 3.8) is 0 Å². The number of amides is 2. The lowest BCUT2D eigenvalue weighted by atomic mass is 10.1. The highest BCUT2D eigenvalue weighted by Crippen LogP contribution is 2.41. The molecule has 20 heteroatoms. The second-order valence-corrected chi connectivity index (χ2v) is 16.7. The normalized spacial score (nSPS) is 12.4. The van der Waals surface area contributed by atoms with Gasteiger partial charge in [0.1, 0.15) is 11.0 Å². The van der Waals surface area contributed by atoms with Crippen LogP contribution in [0.3, 0.4) is 0 Å². The zero-order valence-corrected chi connectivity index (χ0v) is 40.1. The van der Waals surface area contributed by atoms with Crippen molar-refractivity contribution in [2.75, 3.05) is 44.7 Å². The SMILES string of the molecule is COc1c(Nc2cc(Cc3ccc(C)nn3)nc3c2C(=O)N(C)C3)cccc1-c1ccn(C)n1.COc1c(Nc2cc(Cl)nc3c2C(=O)N(C)C3)cccc1-c1ccn(C)n1.Cc1ccc(N)nn1. The number of rotatable bonds is 10. The predicted molar refractivity (Wildman–Crippen MR) is 263 cm³/mol. The number of carbonyl (C=O) groups excluding carboxylic acids is 2. The molecule has 10 rings (SSSR count). The topological polar surface area (TPSA) is 222 Å². The van der Waals surface area contributed by atoms with Crippen LogP contribution in [-0.4, -0.2) is 99.9 Å². The number of aryl methyl sites for hydroxylation is 4. The number of hydrogen-bond acceptors (Lipinski definition) is 15. The highest BCUT2D eigenvalue weighted by atomic mass is 35.5. The number of aromatic nitrogens is 10. The average molecular weight is 948 g/mol. The number of pyridine rings is 2. The van der Waals surface area contributed by atoms with Gasteiger partial charge in [0.25, 0.3) is 11.8 Å². The average Bonchev–Trinajstić information content (AvgIpc) is 4.10. The maximum Gasteiger partial charge on any atom is 0.257 e. The quantitative estimate of drug-likeness (QED) is 0.114. The lowest BCUT2D eigenvalue weighted by Gasteiger charge is -2.16. The summed E-state index contributed by atoms with van der Waals surface area (Å²) < 4.78 is 14.9. The summed E-state index contributed by atoms with van der Waals surface area (Å²) in [6.07, 6.45) is 4.27. The molecule has 2 aromatic carbocycles. The van der Waals surface area contributed by atoms with Crippen molar-refractivity contribution < 1.29 is 19.1 Å². The number of hydrogen-bond donors (Lipinski definition) is 3. The number of para-hydroxylation sites is 2. The number of fused-ring (bicyclic) bond motifs is 2. The lowest BCUT2D eigenvalue weighted by Crippen LogP contribution is -2.18. The summed E-state index contributed by atoms with van der Waals surface area (Å²) in [6.45, 7) is 4.67. The van der Waals surface area contributed by atoms with Crippen molar-refractivity contribution in [3.8, 4) is 34.0 Å². The summed E-state index contributed by atoms with van der Waals surface area (Å²) in [5, 5.41) is 31.8. The molecule has 0 spiro atoms. The maximum atomic E-state index is 12.9. The van der Waals surface area contributed by atoms with Crippen molar-refractivity contribution in [2.24, 2.45) is 14.1 Å². The predicted octanol–water partition coefficient (Wildman–Crippen LogP) is 7.35. The van der Waals surface area contributed by atoms with E-state index in [0.29, 0.717) is 75.9 Å². The van der Waals surface area contributed by atoms with E-state index in [2.05, 4.69) is 46.2 Å². The molecule has 8 aromatic rings. The van der Waals surface area contributed by atoms with E-state index in [1.165, 1.54) is 0 Å². The number of carbonyl (C=O) groups is 2. The van der Waals surface area contributed by atoms with Gasteiger partial charge < -0.3 is 35.6 Å². The fourth-order valence-electron chi connectivity index (χ4n) is 7.83. The highest BCUT2D eigenvalue weighted by molar-refractivity contribution is 6.30. The van der Waals surface area contributed by atoms with Crippen LogP contribution in [0.4, 0.5) is 28.6 Å². The van der Waals surface area contributed by atoms with Gasteiger partial charge in [0.2, 0.25) is 0 Å². The third kappa shape index (κ3) is 10.4. The van der Waals surface area contributed by atoms with E-state index in [1.807, 2.05) is 113 Å². The molecule has 2 aliphatic heterocycles. The fourth-order valence-corrected chi connectivity index (χ4v) is 8.04. The lowest BCUT2D eigenvalue weighted by molar-refractivity contribution is 0.0809. The van der Waals surface area contributed by atoms with Crippen molar-refractivity contribution in [3.05, 3.63) is 148 Å². The Morgan fingerprint density at radius 2 is 1.12 bits per heavy atom. The van der Waals surface area contributed by atoms with Crippen molar-refractivity contribution >= 4 is 52.0 Å². The van der Waals surface area contributed by atoms with Crippen molar-refractivity contribution in [1.29, 1.82) is 0 Å². The Morgan fingerprint density at radius 1 is 0.609 bits per heavy atom. The number of methoxy groups -OCH3 is 2. The van der Waals surface area contributed by atoms with Crippen LogP contribution in [0, 0.1) is 13.8 Å². The number of nitrogens with two attached hydrogens (primary N) is 1. The highest BCUT2D eigenvalue weighted by Gasteiger charge is 2.32. The van der Waals surface area contributed by atoms with Gasteiger partial charge in [-0.25, -0.2) is 4.98 Å². The number of nitrogen functional groups attached to an aromatic ring is 1. The number of halogens is 1. The molecule has 0 radical (unpaired) electrons. The Kier molecular flexibility index (Phi) is 13.8. The van der Waals surface area contributed by atoms with Gasteiger partial charge >= 0.3 is 0 Å². The summed E-state index contributed by atoms with van der Waals surface area (Å²) in [5.41, 5.74) is 17.2. The smallest absolute Gasteiger partial charge is 0.257 e. The molecule has 0 atom stereocenters. The van der Waals surface area contributed by atoms with E-state index >= 15 is 0 Å². The molecule has 4 N–H and O–H groups in total. The van der Waals surface area contributed by atoms with E-state index in [0.717, 1.165) is 56.7 Å². The van der Waals surface area contributed by atoms with E-state index < -0.39 is 0 Å². The first kappa shape index (κ1) is 47.1. The van der Waals surface area contributed by atoms with Gasteiger partial charge in [-0.05, 0) is 86.6 Å². The van der Waals surface area contributed by atoms with Crippen LogP contribution >= 0.6 is 11.6 Å². The molecule has 2 aliphatic rings. The molecule has 0 bridgehead atoms. The molecule has 0 unspecified atom stereocenters. The fraction of sp³-hybridized carbons (Fsp3) is 0.224. The van der Waals surface area contributed by atoms with E-state index in [9.17, 15) is 9.59 Å². The second-order valence-electron chi connectivity index (χ2n) is 16.3. The van der Waals surface area contributed by atoms with Gasteiger partial charge in [-0.3, -0.25) is 23.9 Å². The molecule has 0 saturated heterocycles. The molecule has 0 saturated carbocycles.